The van der Waals surface area contributed by atoms with Gasteiger partial charge in [-0.3, -0.25) is 9.58 Å². The van der Waals surface area contributed by atoms with Gasteiger partial charge in [0.15, 0.2) is 9.84 Å². The molecule has 0 unspecified atom stereocenters. The summed E-state index contributed by atoms with van der Waals surface area (Å²) in [5.41, 5.74) is -0.00177. The van der Waals surface area contributed by atoms with E-state index in [0.717, 1.165) is 0 Å². The van der Waals surface area contributed by atoms with Crippen molar-refractivity contribution in [3.8, 4) is 0 Å². The summed E-state index contributed by atoms with van der Waals surface area (Å²) < 4.78 is 32.2. The second kappa shape index (κ2) is 5.22. The van der Waals surface area contributed by atoms with Crippen LogP contribution in [0.15, 0.2) is 11.1 Å². The van der Waals surface area contributed by atoms with Crippen molar-refractivity contribution in [2.24, 2.45) is 0 Å². The number of amides is 1. The molecule has 1 amide bonds. The summed E-state index contributed by atoms with van der Waals surface area (Å²) in [6, 6.07) is -0.103. The summed E-state index contributed by atoms with van der Waals surface area (Å²) in [6.45, 7) is 8.02. The number of fused-ring (bicyclic) bond motifs is 1. The fourth-order valence-corrected chi connectivity index (χ4v) is 4.55. The largest absolute Gasteiger partial charge is 0.444 e. The molecule has 1 fully saturated rings. The highest BCUT2D eigenvalue weighted by molar-refractivity contribution is 7.92. The topological polar surface area (TPSA) is 81.5 Å². The second-order valence-corrected chi connectivity index (χ2v) is 9.54. The lowest BCUT2D eigenvalue weighted by Gasteiger charge is -2.35. The van der Waals surface area contributed by atoms with Crippen LogP contribution in [0, 0.1) is 0 Å². The van der Waals surface area contributed by atoms with Gasteiger partial charge in [0, 0.05) is 0 Å². The van der Waals surface area contributed by atoms with Crippen LogP contribution in [0.2, 0.25) is 0 Å². The molecule has 128 valence electrons. The van der Waals surface area contributed by atoms with Crippen molar-refractivity contribution in [1.82, 2.24) is 14.7 Å². The fraction of sp³-hybridized carbons (Fsp3) is 0.733. The van der Waals surface area contributed by atoms with Crippen molar-refractivity contribution >= 4 is 15.9 Å². The molecule has 2 aliphatic rings. The van der Waals surface area contributed by atoms with Gasteiger partial charge in [0.2, 0.25) is 0 Å². The Labute approximate surface area is 136 Å². The van der Waals surface area contributed by atoms with E-state index >= 15 is 0 Å². The maximum absolute atomic E-state index is 12.5. The van der Waals surface area contributed by atoms with Crippen molar-refractivity contribution in [3.63, 3.8) is 0 Å². The normalized spacial score (nSPS) is 21.9. The van der Waals surface area contributed by atoms with Crippen molar-refractivity contribution in [3.05, 3.63) is 11.9 Å². The maximum Gasteiger partial charge on any atom is 0.410 e. The van der Waals surface area contributed by atoms with Gasteiger partial charge in [0.25, 0.3) is 0 Å². The Morgan fingerprint density at radius 3 is 2.57 bits per heavy atom. The van der Waals surface area contributed by atoms with E-state index in [1.807, 2.05) is 27.7 Å². The zero-order chi connectivity index (χ0) is 17.0. The number of carbonyl (C=O) groups excluding carboxylic acids is 1. The number of carbonyl (C=O) groups is 1. The van der Waals surface area contributed by atoms with Gasteiger partial charge in [0.05, 0.1) is 36.3 Å². The van der Waals surface area contributed by atoms with E-state index in [-0.39, 0.29) is 22.7 Å². The summed E-state index contributed by atoms with van der Waals surface area (Å²) in [7, 11) is -3.33. The Balaban J connectivity index is 1.89. The summed E-state index contributed by atoms with van der Waals surface area (Å²) in [6.07, 6.45) is 2.42. The first-order chi connectivity index (χ1) is 10.6. The molecule has 7 nitrogen and oxygen atoms in total. The molecule has 1 atom stereocenters. The highest BCUT2D eigenvalue weighted by Gasteiger charge is 2.41. The van der Waals surface area contributed by atoms with Crippen molar-refractivity contribution < 1.29 is 17.9 Å². The number of hydrogen-bond donors (Lipinski definition) is 0. The first-order valence-corrected chi connectivity index (χ1v) is 9.42. The average Bonchev–Trinajstić information content (AvgIpc) is 3.17. The highest BCUT2D eigenvalue weighted by atomic mass is 32.2. The molecule has 2 heterocycles. The van der Waals surface area contributed by atoms with Crippen molar-refractivity contribution in [1.29, 1.82) is 0 Å². The predicted molar refractivity (Wildman–Crippen MR) is 83.7 cm³/mol. The van der Waals surface area contributed by atoms with Crippen LogP contribution in [0.4, 0.5) is 4.79 Å². The quantitative estimate of drug-likeness (QED) is 0.821. The lowest BCUT2D eigenvalue weighted by molar-refractivity contribution is 0.00875. The van der Waals surface area contributed by atoms with E-state index in [1.54, 1.807) is 9.58 Å². The third-order valence-electron chi connectivity index (χ3n) is 4.10. The van der Waals surface area contributed by atoms with Crippen LogP contribution in [-0.2, 0) is 27.7 Å². The number of sulfone groups is 1. The van der Waals surface area contributed by atoms with E-state index in [0.29, 0.717) is 25.1 Å². The van der Waals surface area contributed by atoms with Crippen LogP contribution in [-0.4, -0.2) is 46.1 Å². The first-order valence-electron chi connectivity index (χ1n) is 7.88. The molecule has 3 rings (SSSR count). The van der Waals surface area contributed by atoms with Crippen LogP contribution in [0.25, 0.3) is 0 Å². The van der Waals surface area contributed by atoms with E-state index in [9.17, 15) is 13.2 Å². The van der Waals surface area contributed by atoms with E-state index in [4.69, 9.17) is 4.74 Å². The summed E-state index contributed by atoms with van der Waals surface area (Å²) in [5, 5.41) is 3.92. The zero-order valence-corrected chi connectivity index (χ0v) is 14.8. The number of nitrogens with zero attached hydrogens (tertiary/aromatic N) is 3. The molecule has 0 radical (unpaired) electrons. The fourth-order valence-electron chi connectivity index (χ4n) is 2.74. The first kappa shape index (κ1) is 16.3. The summed E-state index contributed by atoms with van der Waals surface area (Å²) in [4.78, 5) is 14.2. The second-order valence-electron chi connectivity index (χ2n) is 7.34. The SMILES string of the molecule is C[C@H]1Cn2ncc(S(=O)(=O)C3CC3)c2CN1C(=O)OC(C)(C)C. The Morgan fingerprint density at radius 1 is 1.35 bits per heavy atom. The molecule has 1 aromatic rings. The molecule has 0 aromatic carbocycles. The predicted octanol–water partition coefficient (Wildman–Crippen LogP) is 1.96. The minimum atomic E-state index is -3.33. The smallest absolute Gasteiger partial charge is 0.410 e. The molecule has 0 bridgehead atoms. The standard InChI is InChI=1S/C15H23N3O4S/c1-10-8-18-12(9-17(10)14(19)22-15(2,3)4)13(7-16-18)23(20,21)11-5-6-11/h7,10-11H,5-6,8-9H2,1-4H3/t10-/m0/s1. The highest BCUT2D eigenvalue weighted by Crippen LogP contribution is 2.36. The van der Waals surface area contributed by atoms with Crippen molar-refractivity contribution in [2.75, 3.05) is 0 Å². The molecule has 8 heteroatoms. The van der Waals surface area contributed by atoms with E-state index in [2.05, 4.69) is 5.10 Å². The van der Waals surface area contributed by atoms with Crippen LogP contribution in [0.3, 0.4) is 0 Å². The molecule has 1 aromatic heterocycles. The molecule has 1 saturated carbocycles. The minimum Gasteiger partial charge on any atom is -0.444 e. The Bertz CT molecular complexity index is 728. The van der Waals surface area contributed by atoms with Crippen LogP contribution < -0.4 is 0 Å². The van der Waals surface area contributed by atoms with Gasteiger partial charge in [-0.15, -0.1) is 0 Å². The lowest BCUT2D eigenvalue weighted by atomic mass is 10.2. The lowest BCUT2D eigenvalue weighted by Crippen LogP contribution is -2.47. The summed E-state index contributed by atoms with van der Waals surface area (Å²) >= 11 is 0. The summed E-state index contributed by atoms with van der Waals surface area (Å²) in [5.74, 6) is 0. The average molecular weight is 341 g/mol. The van der Waals surface area contributed by atoms with Gasteiger partial charge in [-0.25, -0.2) is 13.2 Å². The van der Waals surface area contributed by atoms with E-state index < -0.39 is 21.5 Å². The van der Waals surface area contributed by atoms with Gasteiger partial charge >= 0.3 is 6.09 Å². The molecular weight excluding hydrogens is 318 g/mol. The third kappa shape index (κ3) is 3.08. The molecule has 1 aliphatic heterocycles. The molecule has 23 heavy (non-hydrogen) atoms. The minimum absolute atomic E-state index is 0.103. The monoisotopic (exact) mass is 341 g/mol. The zero-order valence-electron chi connectivity index (χ0n) is 13.9. The number of aromatic nitrogens is 2. The van der Waals surface area contributed by atoms with Crippen LogP contribution in [0.1, 0.15) is 46.2 Å². The number of hydrogen-bond acceptors (Lipinski definition) is 5. The number of rotatable bonds is 2. The molecule has 0 N–H and O–H groups in total. The Kier molecular flexibility index (Phi) is 3.70. The molecule has 1 aliphatic carbocycles. The van der Waals surface area contributed by atoms with Crippen molar-refractivity contribution in [2.45, 2.75) is 75.4 Å². The van der Waals surface area contributed by atoms with Crippen LogP contribution >= 0.6 is 0 Å². The maximum atomic E-state index is 12.5. The van der Waals surface area contributed by atoms with E-state index in [1.165, 1.54) is 6.20 Å². The van der Waals surface area contributed by atoms with Gasteiger partial charge in [-0.1, -0.05) is 0 Å². The molecular formula is C15H23N3O4S. The van der Waals surface area contributed by atoms with Gasteiger partial charge in [0.1, 0.15) is 10.5 Å². The Hall–Kier alpha value is -1.57. The van der Waals surface area contributed by atoms with Gasteiger partial charge in [-0.2, -0.15) is 5.10 Å². The number of ether oxygens (including phenoxy) is 1. The third-order valence-corrected chi connectivity index (χ3v) is 6.40. The molecule has 0 spiro atoms. The Morgan fingerprint density at radius 2 is 2.00 bits per heavy atom. The van der Waals surface area contributed by atoms with Gasteiger partial charge < -0.3 is 4.74 Å². The molecule has 0 saturated heterocycles. The van der Waals surface area contributed by atoms with Gasteiger partial charge in [-0.05, 0) is 40.5 Å². The van der Waals surface area contributed by atoms with Crippen LogP contribution in [0.5, 0.6) is 0 Å².